The molecule has 0 radical (unpaired) electrons. The Labute approximate surface area is 193 Å². The number of halogens is 1. The van der Waals surface area contributed by atoms with E-state index in [1.165, 1.54) is 21.8 Å². The summed E-state index contributed by atoms with van der Waals surface area (Å²) in [4.78, 5) is 7.17. The van der Waals surface area contributed by atoms with Crippen LogP contribution in [-0.2, 0) is 0 Å². The van der Waals surface area contributed by atoms with Crippen LogP contribution in [0.5, 0.6) is 5.75 Å². The largest absolute Gasteiger partial charge is 0.491 e. The average molecular weight is 458 g/mol. The van der Waals surface area contributed by atoms with Gasteiger partial charge in [-0.15, -0.1) is 11.3 Å². The van der Waals surface area contributed by atoms with E-state index in [1.54, 1.807) is 23.5 Å². The molecule has 3 aromatic rings. The zero-order valence-electron chi connectivity index (χ0n) is 18.5. The molecule has 1 fully saturated rings. The Morgan fingerprint density at radius 3 is 2.66 bits per heavy atom. The molecule has 2 heterocycles. The van der Waals surface area contributed by atoms with Crippen LogP contribution >= 0.6 is 11.3 Å². The number of hydrogen-bond donors (Lipinski definition) is 2. The molecule has 32 heavy (non-hydrogen) atoms. The van der Waals surface area contributed by atoms with Crippen LogP contribution in [0, 0.1) is 5.82 Å². The molecule has 1 saturated heterocycles. The molecule has 0 spiro atoms. The number of aromatic nitrogens is 1. The molecular weight excluding hydrogens is 425 g/mol. The van der Waals surface area contributed by atoms with Gasteiger partial charge in [-0.2, -0.15) is 0 Å². The van der Waals surface area contributed by atoms with Gasteiger partial charge in [0.1, 0.15) is 29.3 Å². The number of aliphatic hydroxyl groups excluding tert-OH is 1. The van der Waals surface area contributed by atoms with Gasteiger partial charge in [0.2, 0.25) is 0 Å². The van der Waals surface area contributed by atoms with Gasteiger partial charge in [-0.25, -0.2) is 9.37 Å². The van der Waals surface area contributed by atoms with Crippen molar-refractivity contribution in [1.29, 1.82) is 0 Å². The molecule has 2 unspecified atom stereocenters. The van der Waals surface area contributed by atoms with Gasteiger partial charge < -0.3 is 20.1 Å². The van der Waals surface area contributed by atoms with Crippen molar-refractivity contribution in [3.8, 4) is 5.75 Å². The standard InChI is InChI=1S/C25H32FN3O2S/c1-2-5-23(25-28-22-6-3-4-7-24(22)32-25)27-19-12-14-29(15-13-19)16-20(30)17-31-21-10-8-18(26)9-11-21/h3-4,6-11,19-20,23,27,30H,2,5,12-17H2,1H3. The van der Waals surface area contributed by atoms with Crippen LogP contribution < -0.4 is 10.1 Å². The normalized spacial score (nSPS) is 17.5. The molecule has 1 aromatic heterocycles. The first kappa shape index (κ1) is 23.1. The number of aliphatic hydroxyl groups is 1. The molecule has 0 aliphatic carbocycles. The lowest BCUT2D eigenvalue weighted by molar-refractivity contribution is 0.0571. The number of nitrogens with one attached hydrogen (secondary N) is 1. The number of β-amino-alcohol motifs (C(OH)–C–C–N with tert-alkyl or cyclic N) is 1. The van der Waals surface area contributed by atoms with Crippen molar-refractivity contribution < 1.29 is 14.2 Å². The van der Waals surface area contributed by atoms with E-state index < -0.39 is 6.10 Å². The smallest absolute Gasteiger partial charge is 0.123 e. The fourth-order valence-electron chi connectivity index (χ4n) is 4.25. The molecule has 4 rings (SSSR count). The van der Waals surface area contributed by atoms with Crippen LogP contribution in [0.1, 0.15) is 43.7 Å². The summed E-state index contributed by atoms with van der Waals surface area (Å²) in [5.41, 5.74) is 1.09. The van der Waals surface area contributed by atoms with Gasteiger partial charge in [0.25, 0.3) is 0 Å². The SMILES string of the molecule is CCCC(NC1CCN(CC(O)COc2ccc(F)cc2)CC1)c1nc2ccccc2s1. The molecule has 172 valence electrons. The molecule has 2 N–H and O–H groups in total. The maximum atomic E-state index is 13.0. The third kappa shape index (κ3) is 6.25. The Balaban J connectivity index is 1.23. The number of piperidine rings is 1. The van der Waals surface area contributed by atoms with Crippen LogP contribution in [0.2, 0.25) is 0 Å². The number of thiazole rings is 1. The number of nitrogens with zero attached hydrogens (tertiary/aromatic N) is 2. The second kappa shape index (κ2) is 11.2. The van der Waals surface area contributed by atoms with Gasteiger partial charge in [0, 0.05) is 12.6 Å². The molecule has 1 aliphatic rings. The van der Waals surface area contributed by atoms with E-state index in [-0.39, 0.29) is 12.4 Å². The highest BCUT2D eigenvalue weighted by Gasteiger charge is 2.25. The maximum absolute atomic E-state index is 13.0. The first-order valence-electron chi connectivity index (χ1n) is 11.5. The Morgan fingerprint density at radius 1 is 1.19 bits per heavy atom. The fraction of sp³-hybridized carbons (Fsp3) is 0.480. The van der Waals surface area contributed by atoms with Crippen LogP contribution in [-0.4, -0.2) is 53.4 Å². The van der Waals surface area contributed by atoms with Gasteiger partial charge in [-0.05, 0) is 68.8 Å². The summed E-state index contributed by atoms with van der Waals surface area (Å²) in [7, 11) is 0. The molecule has 1 aliphatic heterocycles. The zero-order chi connectivity index (χ0) is 22.3. The number of para-hydroxylation sites is 1. The van der Waals surface area contributed by atoms with E-state index in [9.17, 15) is 9.50 Å². The van der Waals surface area contributed by atoms with E-state index in [0.717, 1.165) is 44.3 Å². The van der Waals surface area contributed by atoms with E-state index in [4.69, 9.17) is 9.72 Å². The number of benzene rings is 2. The van der Waals surface area contributed by atoms with Crippen molar-refractivity contribution in [2.24, 2.45) is 0 Å². The maximum Gasteiger partial charge on any atom is 0.123 e. The third-order valence-electron chi connectivity index (χ3n) is 5.94. The van der Waals surface area contributed by atoms with Gasteiger partial charge in [0.15, 0.2) is 0 Å². The zero-order valence-corrected chi connectivity index (χ0v) is 19.4. The van der Waals surface area contributed by atoms with E-state index >= 15 is 0 Å². The number of likely N-dealkylation sites (tertiary alicyclic amines) is 1. The van der Waals surface area contributed by atoms with Gasteiger partial charge in [-0.1, -0.05) is 25.5 Å². The summed E-state index contributed by atoms with van der Waals surface area (Å²) in [6.45, 7) is 4.91. The summed E-state index contributed by atoms with van der Waals surface area (Å²) >= 11 is 1.80. The summed E-state index contributed by atoms with van der Waals surface area (Å²) in [6, 6.07) is 15.0. The topological polar surface area (TPSA) is 57.6 Å². The first-order chi connectivity index (χ1) is 15.6. The molecule has 0 amide bonds. The molecular formula is C25H32FN3O2S. The first-order valence-corrected chi connectivity index (χ1v) is 12.3. The summed E-state index contributed by atoms with van der Waals surface area (Å²) in [5.74, 6) is 0.281. The van der Waals surface area contributed by atoms with Crippen molar-refractivity contribution in [1.82, 2.24) is 15.2 Å². The number of fused-ring (bicyclic) bond motifs is 1. The highest BCUT2D eigenvalue weighted by atomic mass is 32.1. The Morgan fingerprint density at radius 2 is 1.94 bits per heavy atom. The Kier molecular flexibility index (Phi) is 8.08. The van der Waals surface area contributed by atoms with Crippen LogP contribution in [0.4, 0.5) is 4.39 Å². The van der Waals surface area contributed by atoms with Gasteiger partial charge >= 0.3 is 0 Å². The third-order valence-corrected chi connectivity index (χ3v) is 7.09. The minimum absolute atomic E-state index is 0.208. The summed E-state index contributed by atoms with van der Waals surface area (Å²) in [5, 5.41) is 15.4. The van der Waals surface area contributed by atoms with E-state index in [0.29, 0.717) is 24.4 Å². The predicted octanol–water partition coefficient (Wildman–Crippen LogP) is 4.77. The Bertz CT molecular complexity index is 940. The lowest BCUT2D eigenvalue weighted by Crippen LogP contribution is -2.46. The second-order valence-corrected chi connectivity index (χ2v) is 9.58. The van der Waals surface area contributed by atoms with Crippen molar-refractivity contribution in [2.75, 3.05) is 26.2 Å². The second-order valence-electron chi connectivity index (χ2n) is 8.52. The minimum atomic E-state index is -0.569. The fourth-order valence-corrected chi connectivity index (χ4v) is 5.31. The van der Waals surface area contributed by atoms with Crippen molar-refractivity contribution in [3.63, 3.8) is 0 Å². The van der Waals surface area contributed by atoms with Crippen LogP contribution in [0.3, 0.4) is 0 Å². The minimum Gasteiger partial charge on any atom is -0.491 e. The highest BCUT2D eigenvalue weighted by Crippen LogP contribution is 2.29. The molecule has 2 aromatic carbocycles. The summed E-state index contributed by atoms with van der Waals surface area (Å²) in [6.07, 6.45) is 3.74. The number of ether oxygens (including phenoxy) is 1. The number of hydrogen-bond acceptors (Lipinski definition) is 6. The molecule has 0 bridgehead atoms. The average Bonchev–Trinajstić information content (AvgIpc) is 3.24. The van der Waals surface area contributed by atoms with Crippen LogP contribution in [0.15, 0.2) is 48.5 Å². The lowest BCUT2D eigenvalue weighted by atomic mass is 10.0. The van der Waals surface area contributed by atoms with Crippen molar-refractivity contribution in [2.45, 2.75) is 50.8 Å². The molecule has 5 nitrogen and oxygen atoms in total. The van der Waals surface area contributed by atoms with Crippen LogP contribution in [0.25, 0.3) is 10.2 Å². The summed E-state index contributed by atoms with van der Waals surface area (Å²) < 4.78 is 19.8. The van der Waals surface area contributed by atoms with Gasteiger partial charge in [0.05, 0.1) is 16.3 Å². The van der Waals surface area contributed by atoms with E-state index in [2.05, 4.69) is 35.3 Å². The monoisotopic (exact) mass is 457 g/mol. The van der Waals surface area contributed by atoms with Crippen molar-refractivity contribution in [3.05, 3.63) is 59.4 Å². The highest BCUT2D eigenvalue weighted by molar-refractivity contribution is 7.18. The molecule has 7 heteroatoms. The lowest BCUT2D eigenvalue weighted by Gasteiger charge is -2.35. The molecule has 0 saturated carbocycles. The Hall–Kier alpha value is -2.06. The predicted molar refractivity (Wildman–Crippen MR) is 128 cm³/mol. The van der Waals surface area contributed by atoms with Crippen molar-refractivity contribution >= 4 is 21.6 Å². The van der Waals surface area contributed by atoms with E-state index in [1.807, 2.05) is 6.07 Å². The molecule has 2 atom stereocenters. The quantitative estimate of drug-likeness (QED) is 0.459. The number of rotatable bonds is 10. The van der Waals surface area contributed by atoms with Gasteiger partial charge in [-0.3, -0.25) is 0 Å².